The third-order valence-corrected chi connectivity index (χ3v) is 2.89. The average molecular weight is 297 g/mol. The van der Waals surface area contributed by atoms with Crippen LogP contribution in [0.15, 0.2) is 24.3 Å². The van der Waals surface area contributed by atoms with Gasteiger partial charge in [-0.05, 0) is 23.6 Å². The molecule has 110 valence electrons. The molecule has 20 heavy (non-hydrogen) atoms. The first-order valence-electron chi connectivity index (χ1n) is 6.75. The van der Waals surface area contributed by atoms with Gasteiger partial charge in [-0.3, -0.25) is 9.59 Å². The lowest BCUT2D eigenvalue weighted by molar-refractivity contribution is -0.123. The van der Waals surface area contributed by atoms with Crippen molar-refractivity contribution in [2.24, 2.45) is 5.92 Å². The second-order valence-corrected chi connectivity index (χ2v) is 5.54. The Hall–Kier alpha value is -1.55. The summed E-state index contributed by atoms with van der Waals surface area (Å²) in [7, 11) is 0. The SMILES string of the molecule is CC(C)CC(=O)NCCNC(=O)Cc1ccc(Cl)cc1. The minimum absolute atomic E-state index is 0.0203. The van der Waals surface area contributed by atoms with Crippen molar-refractivity contribution in [3.05, 3.63) is 34.9 Å². The number of carbonyl (C=O) groups is 2. The first-order valence-corrected chi connectivity index (χ1v) is 7.13. The molecule has 0 saturated heterocycles. The molecule has 2 amide bonds. The smallest absolute Gasteiger partial charge is 0.224 e. The van der Waals surface area contributed by atoms with Gasteiger partial charge in [-0.25, -0.2) is 0 Å². The summed E-state index contributed by atoms with van der Waals surface area (Å²) >= 11 is 5.78. The fourth-order valence-electron chi connectivity index (χ4n) is 1.70. The lowest BCUT2D eigenvalue weighted by atomic mass is 10.1. The fourth-order valence-corrected chi connectivity index (χ4v) is 1.82. The van der Waals surface area contributed by atoms with E-state index in [-0.39, 0.29) is 11.8 Å². The largest absolute Gasteiger partial charge is 0.354 e. The van der Waals surface area contributed by atoms with Crippen molar-refractivity contribution < 1.29 is 9.59 Å². The molecular formula is C15H21ClN2O2. The highest BCUT2D eigenvalue weighted by Crippen LogP contribution is 2.09. The van der Waals surface area contributed by atoms with E-state index in [1.807, 2.05) is 26.0 Å². The number of rotatable bonds is 7. The van der Waals surface area contributed by atoms with Crippen LogP contribution in [0.4, 0.5) is 0 Å². The number of halogens is 1. The lowest BCUT2D eigenvalue weighted by Crippen LogP contribution is -2.35. The van der Waals surface area contributed by atoms with E-state index in [2.05, 4.69) is 10.6 Å². The summed E-state index contributed by atoms with van der Waals surface area (Å²) in [4.78, 5) is 23.0. The Morgan fingerprint density at radius 3 is 2.15 bits per heavy atom. The molecule has 0 radical (unpaired) electrons. The summed E-state index contributed by atoms with van der Waals surface area (Å²) in [6, 6.07) is 7.17. The summed E-state index contributed by atoms with van der Waals surface area (Å²) in [5.74, 6) is 0.298. The van der Waals surface area contributed by atoms with Crippen LogP contribution < -0.4 is 10.6 Å². The predicted octanol–water partition coefficient (Wildman–Crippen LogP) is 2.16. The maximum Gasteiger partial charge on any atom is 0.224 e. The number of hydrogen-bond donors (Lipinski definition) is 2. The minimum atomic E-state index is -0.0644. The number of amides is 2. The summed E-state index contributed by atoms with van der Waals surface area (Å²) in [5.41, 5.74) is 0.913. The summed E-state index contributed by atoms with van der Waals surface area (Å²) in [6.45, 7) is 4.88. The van der Waals surface area contributed by atoms with Crippen molar-refractivity contribution in [1.29, 1.82) is 0 Å². The van der Waals surface area contributed by atoms with Gasteiger partial charge in [0.2, 0.25) is 11.8 Å². The molecule has 1 rings (SSSR count). The second kappa shape index (κ2) is 8.59. The Labute approximate surface area is 124 Å². The molecular weight excluding hydrogens is 276 g/mol. The standard InChI is InChI=1S/C15H21ClN2O2/c1-11(2)9-14(19)17-7-8-18-15(20)10-12-3-5-13(16)6-4-12/h3-6,11H,7-10H2,1-2H3,(H,17,19)(H,18,20). The molecule has 0 spiro atoms. The second-order valence-electron chi connectivity index (χ2n) is 5.10. The van der Waals surface area contributed by atoms with E-state index in [9.17, 15) is 9.59 Å². The molecule has 1 aromatic rings. The molecule has 5 heteroatoms. The monoisotopic (exact) mass is 296 g/mol. The molecule has 2 N–H and O–H groups in total. The van der Waals surface area contributed by atoms with Crippen LogP contribution in [-0.2, 0) is 16.0 Å². The maximum atomic E-state index is 11.7. The number of hydrogen-bond acceptors (Lipinski definition) is 2. The molecule has 0 aliphatic carbocycles. The zero-order chi connectivity index (χ0) is 15.0. The van der Waals surface area contributed by atoms with Crippen LogP contribution in [0.3, 0.4) is 0 Å². The minimum Gasteiger partial charge on any atom is -0.354 e. The van der Waals surface area contributed by atoms with E-state index < -0.39 is 0 Å². The zero-order valence-corrected chi connectivity index (χ0v) is 12.7. The van der Waals surface area contributed by atoms with Gasteiger partial charge in [-0.2, -0.15) is 0 Å². The Bertz CT molecular complexity index is 444. The fraction of sp³-hybridized carbons (Fsp3) is 0.467. The normalized spacial score (nSPS) is 10.4. The molecule has 0 heterocycles. The highest BCUT2D eigenvalue weighted by atomic mass is 35.5. The molecule has 0 unspecified atom stereocenters. The highest BCUT2D eigenvalue weighted by Gasteiger charge is 2.05. The van der Waals surface area contributed by atoms with Gasteiger partial charge in [0.25, 0.3) is 0 Å². The average Bonchev–Trinajstić information content (AvgIpc) is 2.37. The van der Waals surface area contributed by atoms with Crippen LogP contribution in [0.25, 0.3) is 0 Å². The van der Waals surface area contributed by atoms with E-state index >= 15 is 0 Å². The Morgan fingerprint density at radius 2 is 1.60 bits per heavy atom. The van der Waals surface area contributed by atoms with Gasteiger partial charge in [0, 0.05) is 24.5 Å². The molecule has 0 saturated carbocycles. The Balaban J connectivity index is 2.17. The van der Waals surface area contributed by atoms with Gasteiger partial charge < -0.3 is 10.6 Å². The third kappa shape index (κ3) is 7.14. The van der Waals surface area contributed by atoms with Crippen molar-refractivity contribution in [1.82, 2.24) is 10.6 Å². The molecule has 0 atom stereocenters. The summed E-state index contributed by atoms with van der Waals surface area (Å²) in [6.07, 6.45) is 0.829. The van der Waals surface area contributed by atoms with Gasteiger partial charge in [-0.1, -0.05) is 37.6 Å². The van der Waals surface area contributed by atoms with Gasteiger partial charge in [-0.15, -0.1) is 0 Å². The highest BCUT2D eigenvalue weighted by molar-refractivity contribution is 6.30. The lowest BCUT2D eigenvalue weighted by Gasteiger charge is -2.08. The van der Waals surface area contributed by atoms with E-state index in [1.165, 1.54) is 0 Å². The van der Waals surface area contributed by atoms with Crippen LogP contribution in [-0.4, -0.2) is 24.9 Å². The van der Waals surface area contributed by atoms with Crippen molar-refractivity contribution >= 4 is 23.4 Å². The quantitative estimate of drug-likeness (QED) is 0.758. The summed E-state index contributed by atoms with van der Waals surface area (Å²) < 4.78 is 0. The van der Waals surface area contributed by atoms with E-state index in [4.69, 9.17) is 11.6 Å². The van der Waals surface area contributed by atoms with Crippen LogP contribution in [0.5, 0.6) is 0 Å². The number of carbonyl (C=O) groups excluding carboxylic acids is 2. The summed E-state index contributed by atoms with van der Waals surface area (Å²) in [5, 5.41) is 6.19. The molecule has 4 nitrogen and oxygen atoms in total. The van der Waals surface area contributed by atoms with Gasteiger partial charge in [0.1, 0.15) is 0 Å². The zero-order valence-electron chi connectivity index (χ0n) is 11.9. The number of nitrogens with one attached hydrogen (secondary N) is 2. The molecule has 0 fully saturated rings. The van der Waals surface area contributed by atoms with Crippen molar-refractivity contribution in [2.75, 3.05) is 13.1 Å². The van der Waals surface area contributed by atoms with Crippen molar-refractivity contribution in [2.45, 2.75) is 26.7 Å². The van der Waals surface area contributed by atoms with Gasteiger partial charge >= 0.3 is 0 Å². The molecule has 0 aliphatic rings. The van der Waals surface area contributed by atoms with Crippen LogP contribution in [0.2, 0.25) is 5.02 Å². The topological polar surface area (TPSA) is 58.2 Å². The molecule has 0 aliphatic heterocycles. The maximum absolute atomic E-state index is 11.7. The molecule has 0 aromatic heterocycles. The third-order valence-electron chi connectivity index (χ3n) is 2.64. The van der Waals surface area contributed by atoms with E-state index in [1.54, 1.807) is 12.1 Å². The molecule has 0 bridgehead atoms. The van der Waals surface area contributed by atoms with E-state index in [0.717, 1.165) is 5.56 Å². The first kappa shape index (κ1) is 16.5. The number of benzene rings is 1. The Morgan fingerprint density at radius 1 is 1.05 bits per heavy atom. The van der Waals surface area contributed by atoms with Gasteiger partial charge in [0.15, 0.2) is 0 Å². The van der Waals surface area contributed by atoms with E-state index in [0.29, 0.717) is 36.9 Å². The predicted molar refractivity (Wildman–Crippen MR) is 80.6 cm³/mol. The van der Waals surface area contributed by atoms with Crippen LogP contribution in [0, 0.1) is 5.92 Å². The van der Waals surface area contributed by atoms with Crippen molar-refractivity contribution in [3.63, 3.8) is 0 Å². The van der Waals surface area contributed by atoms with Crippen LogP contribution >= 0.6 is 11.6 Å². The van der Waals surface area contributed by atoms with Gasteiger partial charge in [0.05, 0.1) is 6.42 Å². The van der Waals surface area contributed by atoms with Crippen molar-refractivity contribution in [3.8, 4) is 0 Å². The van der Waals surface area contributed by atoms with Crippen LogP contribution in [0.1, 0.15) is 25.8 Å². The molecule has 1 aromatic carbocycles. The first-order chi connectivity index (χ1) is 9.47. The Kier molecular flexibility index (Phi) is 7.09.